The van der Waals surface area contributed by atoms with Crippen LogP contribution < -0.4 is 0 Å². The van der Waals surface area contributed by atoms with Gasteiger partial charge in [-0.2, -0.15) is 4.31 Å². The summed E-state index contributed by atoms with van der Waals surface area (Å²) in [4.78, 5) is 0.274. The van der Waals surface area contributed by atoms with Crippen molar-refractivity contribution in [3.63, 3.8) is 0 Å². The quantitative estimate of drug-likeness (QED) is 0.503. The van der Waals surface area contributed by atoms with Gasteiger partial charge in [0.25, 0.3) is 0 Å². The highest BCUT2D eigenvalue weighted by molar-refractivity contribution is 7.98. The molecule has 0 bridgehead atoms. The van der Waals surface area contributed by atoms with Crippen LogP contribution in [0.5, 0.6) is 0 Å². The minimum absolute atomic E-state index is 0.274. The van der Waals surface area contributed by atoms with E-state index in [1.165, 1.54) is 15.4 Å². The van der Waals surface area contributed by atoms with Gasteiger partial charge in [-0.05, 0) is 24.6 Å². The Kier molecular flexibility index (Phi) is 6.77. The summed E-state index contributed by atoms with van der Waals surface area (Å²) in [5.74, 6) is 1.44. The first-order valence-corrected chi connectivity index (χ1v) is 12.0. The molecule has 6 nitrogen and oxygen atoms in total. The van der Waals surface area contributed by atoms with Crippen LogP contribution in [0.25, 0.3) is 11.4 Å². The highest BCUT2D eigenvalue weighted by atomic mass is 32.2. The van der Waals surface area contributed by atoms with Crippen molar-refractivity contribution in [1.29, 1.82) is 0 Å². The van der Waals surface area contributed by atoms with Crippen LogP contribution in [0.2, 0.25) is 0 Å². The number of aryl methyl sites for hydroxylation is 1. The first kappa shape index (κ1) is 21.5. The third kappa shape index (κ3) is 4.71. The molecule has 0 aliphatic carbocycles. The van der Waals surface area contributed by atoms with Gasteiger partial charge in [0.05, 0.1) is 4.90 Å². The van der Waals surface area contributed by atoms with Crippen LogP contribution in [0.15, 0.2) is 58.6 Å². The van der Waals surface area contributed by atoms with Crippen molar-refractivity contribution in [3.8, 4) is 11.4 Å². The summed E-state index contributed by atoms with van der Waals surface area (Å²) in [5, 5.41) is 9.39. The standard InChI is InChI=1S/C21H26N4O2S2/c1-5-25(6-2)29(26,27)19-9-7-8-18(14-19)20-22-23-21(24(20)4)28-15-17-12-10-16(3)11-13-17/h7-14H,5-6,15H2,1-4H3. The number of aromatic nitrogens is 3. The number of thioether (sulfide) groups is 1. The summed E-state index contributed by atoms with van der Waals surface area (Å²) in [6, 6.07) is 15.3. The first-order chi connectivity index (χ1) is 13.9. The molecular formula is C21H26N4O2S2. The van der Waals surface area contributed by atoms with E-state index >= 15 is 0 Å². The molecule has 0 N–H and O–H groups in total. The molecule has 8 heteroatoms. The summed E-state index contributed by atoms with van der Waals surface area (Å²) in [6.07, 6.45) is 0. The summed E-state index contributed by atoms with van der Waals surface area (Å²) in [5.41, 5.74) is 3.19. The molecule has 154 valence electrons. The highest BCUT2D eigenvalue weighted by Gasteiger charge is 2.22. The number of hydrogen-bond acceptors (Lipinski definition) is 5. The molecule has 0 unspecified atom stereocenters. The SMILES string of the molecule is CCN(CC)S(=O)(=O)c1cccc(-c2nnc(SCc3ccc(C)cc3)n2C)c1. The van der Waals surface area contributed by atoms with Gasteiger partial charge in [-0.15, -0.1) is 10.2 Å². The minimum atomic E-state index is -3.52. The Morgan fingerprint density at radius 2 is 1.72 bits per heavy atom. The lowest BCUT2D eigenvalue weighted by molar-refractivity contribution is 0.445. The van der Waals surface area contributed by atoms with E-state index in [1.54, 1.807) is 30.0 Å². The molecule has 2 aromatic carbocycles. The zero-order chi connectivity index (χ0) is 21.0. The van der Waals surface area contributed by atoms with Gasteiger partial charge in [0.1, 0.15) is 0 Å². The van der Waals surface area contributed by atoms with Crippen LogP contribution in [0.4, 0.5) is 0 Å². The normalized spacial score (nSPS) is 11.9. The lowest BCUT2D eigenvalue weighted by atomic mass is 10.2. The van der Waals surface area contributed by atoms with Crippen LogP contribution in [0.1, 0.15) is 25.0 Å². The molecule has 0 amide bonds. The van der Waals surface area contributed by atoms with Gasteiger partial charge in [0, 0.05) is 31.5 Å². The van der Waals surface area contributed by atoms with E-state index in [9.17, 15) is 8.42 Å². The minimum Gasteiger partial charge on any atom is -0.305 e. The lowest BCUT2D eigenvalue weighted by Crippen LogP contribution is -2.30. The first-order valence-electron chi connectivity index (χ1n) is 9.55. The highest BCUT2D eigenvalue weighted by Crippen LogP contribution is 2.27. The molecule has 0 saturated heterocycles. The fraction of sp³-hybridized carbons (Fsp3) is 0.333. The van der Waals surface area contributed by atoms with Crippen LogP contribution in [-0.4, -0.2) is 40.6 Å². The molecule has 3 aromatic rings. The molecule has 0 fully saturated rings. The second-order valence-corrected chi connectivity index (χ2v) is 9.64. The van der Waals surface area contributed by atoms with Crippen molar-refractivity contribution in [2.24, 2.45) is 7.05 Å². The summed E-state index contributed by atoms with van der Waals surface area (Å²) in [7, 11) is -1.62. The van der Waals surface area contributed by atoms with Gasteiger partial charge in [0.2, 0.25) is 10.0 Å². The molecule has 0 atom stereocenters. The molecule has 29 heavy (non-hydrogen) atoms. The predicted molar refractivity (Wildman–Crippen MR) is 117 cm³/mol. The Balaban J connectivity index is 1.84. The summed E-state index contributed by atoms with van der Waals surface area (Å²) < 4.78 is 29.0. The molecular weight excluding hydrogens is 404 g/mol. The number of hydrogen-bond donors (Lipinski definition) is 0. The molecule has 1 heterocycles. The van der Waals surface area contributed by atoms with Gasteiger partial charge in [0.15, 0.2) is 11.0 Å². The maximum atomic E-state index is 12.8. The monoisotopic (exact) mass is 430 g/mol. The molecule has 1 aromatic heterocycles. The maximum Gasteiger partial charge on any atom is 0.243 e. The van der Waals surface area contributed by atoms with E-state index in [0.717, 1.165) is 16.5 Å². The Bertz CT molecular complexity index is 1070. The van der Waals surface area contributed by atoms with Gasteiger partial charge < -0.3 is 4.57 Å². The Morgan fingerprint density at radius 3 is 2.38 bits per heavy atom. The van der Waals surface area contributed by atoms with E-state index < -0.39 is 10.0 Å². The van der Waals surface area contributed by atoms with Gasteiger partial charge >= 0.3 is 0 Å². The topological polar surface area (TPSA) is 68.1 Å². The fourth-order valence-corrected chi connectivity index (χ4v) is 5.40. The number of sulfonamides is 1. The third-order valence-corrected chi connectivity index (χ3v) is 7.90. The van der Waals surface area contributed by atoms with Crippen LogP contribution in [0, 0.1) is 6.92 Å². The summed E-state index contributed by atoms with van der Waals surface area (Å²) >= 11 is 1.61. The van der Waals surface area contributed by atoms with Crippen molar-refractivity contribution >= 4 is 21.8 Å². The van der Waals surface area contributed by atoms with Gasteiger partial charge in [-0.25, -0.2) is 8.42 Å². The average molecular weight is 431 g/mol. The second-order valence-electron chi connectivity index (χ2n) is 6.76. The number of nitrogens with zero attached hydrogens (tertiary/aromatic N) is 4. The molecule has 0 spiro atoms. The van der Waals surface area contributed by atoms with Gasteiger partial charge in [-0.1, -0.05) is 67.6 Å². The van der Waals surface area contributed by atoms with Crippen molar-refractivity contribution in [1.82, 2.24) is 19.1 Å². The van der Waals surface area contributed by atoms with Gasteiger partial charge in [-0.3, -0.25) is 0 Å². The second kappa shape index (κ2) is 9.11. The Labute approximate surface area is 177 Å². The number of benzene rings is 2. The van der Waals surface area contributed by atoms with Crippen molar-refractivity contribution < 1.29 is 8.42 Å². The van der Waals surface area contributed by atoms with E-state index in [-0.39, 0.29) is 4.90 Å². The van der Waals surface area contributed by atoms with E-state index in [4.69, 9.17) is 0 Å². The summed E-state index contributed by atoms with van der Waals surface area (Å²) in [6.45, 7) is 6.62. The zero-order valence-electron chi connectivity index (χ0n) is 17.2. The number of rotatable bonds is 8. The van der Waals surface area contributed by atoms with Crippen molar-refractivity contribution in [3.05, 3.63) is 59.7 Å². The van der Waals surface area contributed by atoms with E-state index in [2.05, 4.69) is 41.4 Å². The molecule has 0 aliphatic rings. The van der Waals surface area contributed by atoms with Crippen LogP contribution >= 0.6 is 11.8 Å². The zero-order valence-corrected chi connectivity index (χ0v) is 18.8. The molecule has 0 radical (unpaired) electrons. The predicted octanol–water partition coefficient (Wildman–Crippen LogP) is 4.11. The van der Waals surface area contributed by atoms with Crippen molar-refractivity contribution in [2.75, 3.05) is 13.1 Å². The third-order valence-electron chi connectivity index (χ3n) is 4.76. The largest absolute Gasteiger partial charge is 0.305 e. The Hall–Kier alpha value is -2.16. The van der Waals surface area contributed by atoms with E-state index in [1.807, 2.05) is 31.5 Å². The maximum absolute atomic E-state index is 12.8. The Morgan fingerprint density at radius 1 is 1.03 bits per heavy atom. The lowest BCUT2D eigenvalue weighted by Gasteiger charge is -2.18. The van der Waals surface area contributed by atoms with E-state index in [0.29, 0.717) is 18.9 Å². The molecule has 0 saturated carbocycles. The smallest absolute Gasteiger partial charge is 0.243 e. The average Bonchev–Trinajstić information content (AvgIpc) is 3.09. The van der Waals surface area contributed by atoms with Crippen LogP contribution in [0.3, 0.4) is 0 Å². The van der Waals surface area contributed by atoms with Crippen LogP contribution in [-0.2, 0) is 22.8 Å². The fourth-order valence-electron chi connectivity index (χ4n) is 3.03. The van der Waals surface area contributed by atoms with Crippen molar-refractivity contribution in [2.45, 2.75) is 36.6 Å². The molecule has 3 rings (SSSR count). The molecule has 0 aliphatic heterocycles.